The van der Waals surface area contributed by atoms with Crippen LogP contribution in [0.5, 0.6) is 11.5 Å². The summed E-state index contributed by atoms with van der Waals surface area (Å²) < 4.78 is 11.2. The molecule has 2 N–H and O–H groups in total. The Labute approximate surface area is 163 Å². The van der Waals surface area contributed by atoms with E-state index >= 15 is 0 Å². The number of carbonyl (C=O) groups excluding carboxylic acids is 1. The molecule has 1 saturated heterocycles. The third-order valence-corrected chi connectivity index (χ3v) is 4.85. The second-order valence-electron chi connectivity index (χ2n) is 7.41. The SMILES string of the molecule is COc1cc(C(=O)N2CCCC(C(C)N)C2)ccc1OCCC(C)C.Cl. The molecule has 0 spiro atoms. The van der Waals surface area contributed by atoms with Crippen molar-refractivity contribution < 1.29 is 14.3 Å². The summed E-state index contributed by atoms with van der Waals surface area (Å²) in [7, 11) is 1.60. The zero-order chi connectivity index (χ0) is 18.4. The van der Waals surface area contributed by atoms with Crippen LogP contribution < -0.4 is 15.2 Å². The van der Waals surface area contributed by atoms with Crippen LogP contribution >= 0.6 is 12.4 Å². The second-order valence-corrected chi connectivity index (χ2v) is 7.41. The van der Waals surface area contributed by atoms with Gasteiger partial charge < -0.3 is 20.1 Å². The van der Waals surface area contributed by atoms with Crippen molar-refractivity contribution in [1.29, 1.82) is 0 Å². The Balaban J connectivity index is 0.00000338. The molecule has 2 unspecified atom stereocenters. The van der Waals surface area contributed by atoms with Crippen LogP contribution in [0.2, 0.25) is 0 Å². The lowest BCUT2D eigenvalue weighted by molar-refractivity contribution is 0.0660. The summed E-state index contributed by atoms with van der Waals surface area (Å²) in [6, 6.07) is 5.55. The Kier molecular flexibility index (Phi) is 9.23. The number of halogens is 1. The molecule has 1 aliphatic rings. The highest BCUT2D eigenvalue weighted by Gasteiger charge is 2.27. The van der Waals surface area contributed by atoms with E-state index in [9.17, 15) is 4.79 Å². The fourth-order valence-electron chi connectivity index (χ4n) is 3.13. The second kappa shape index (κ2) is 10.6. The number of likely N-dealkylation sites (tertiary alicyclic amines) is 1. The molecule has 0 aliphatic carbocycles. The number of nitrogens with two attached hydrogens (primary N) is 1. The number of rotatable bonds is 7. The maximum atomic E-state index is 12.8. The Morgan fingerprint density at radius 3 is 2.65 bits per heavy atom. The molecule has 1 aromatic carbocycles. The quantitative estimate of drug-likeness (QED) is 0.777. The largest absolute Gasteiger partial charge is 0.493 e. The summed E-state index contributed by atoms with van der Waals surface area (Å²) in [4.78, 5) is 14.7. The molecule has 5 nitrogen and oxygen atoms in total. The third kappa shape index (κ3) is 6.06. The number of amides is 1. The molecule has 1 heterocycles. The summed E-state index contributed by atoms with van der Waals surface area (Å²) in [6.07, 6.45) is 3.08. The molecule has 0 aromatic heterocycles. The summed E-state index contributed by atoms with van der Waals surface area (Å²) in [5, 5.41) is 0. The third-order valence-electron chi connectivity index (χ3n) is 4.85. The monoisotopic (exact) mass is 384 g/mol. The molecule has 2 atom stereocenters. The average Bonchev–Trinajstić information content (AvgIpc) is 2.61. The molecule has 148 valence electrons. The van der Waals surface area contributed by atoms with Gasteiger partial charge in [0, 0.05) is 24.7 Å². The van der Waals surface area contributed by atoms with Crippen molar-refractivity contribution in [2.45, 2.75) is 46.1 Å². The fraction of sp³-hybridized carbons (Fsp3) is 0.650. The zero-order valence-electron chi connectivity index (χ0n) is 16.4. The Bertz CT molecular complexity index is 578. The van der Waals surface area contributed by atoms with Gasteiger partial charge in [-0.1, -0.05) is 13.8 Å². The van der Waals surface area contributed by atoms with E-state index < -0.39 is 0 Å². The molecular weight excluding hydrogens is 352 g/mol. The highest BCUT2D eigenvalue weighted by Crippen LogP contribution is 2.30. The van der Waals surface area contributed by atoms with Gasteiger partial charge in [-0.2, -0.15) is 0 Å². The van der Waals surface area contributed by atoms with Crippen molar-refractivity contribution in [2.24, 2.45) is 17.6 Å². The predicted molar refractivity (Wildman–Crippen MR) is 107 cm³/mol. The first kappa shape index (κ1) is 22.6. The van der Waals surface area contributed by atoms with Gasteiger partial charge in [0.1, 0.15) is 0 Å². The molecule has 0 saturated carbocycles. The molecule has 0 bridgehead atoms. The maximum absolute atomic E-state index is 12.8. The van der Waals surface area contributed by atoms with Crippen LogP contribution in [0, 0.1) is 11.8 Å². The van der Waals surface area contributed by atoms with Gasteiger partial charge >= 0.3 is 0 Å². The van der Waals surface area contributed by atoms with E-state index in [1.165, 1.54) is 0 Å². The number of piperidine rings is 1. The van der Waals surface area contributed by atoms with Crippen molar-refractivity contribution in [3.63, 3.8) is 0 Å². The number of ether oxygens (including phenoxy) is 2. The minimum Gasteiger partial charge on any atom is -0.493 e. The lowest BCUT2D eigenvalue weighted by Crippen LogP contribution is -2.45. The smallest absolute Gasteiger partial charge is 0.254 e. The van der Waals surface area contributed by atoms with Crippen LogP contribution in [-0.2, 0) is 0 Å². The number of carbonyl (C=O) groups is 1. The zero-order valence-corrected chi connectivity index (χ0v) is 17.2. The number of nitrogens with zero attached hydrogens (tertiary/aromatic N) is 1. The first-order chi connectivity index (χ1) is 11.9. The van der Waals surface area contributed by atoms with Crippen LogP contribution in [0.25, 0.3) is 0 Å². The van der Waals surface area contributed by atoms with Crippen molar-refractivity contribution in [3.8, 4) is 11.5 Å². The van der Waals surface area contributed by atoms with E-state index in [1.807, 2.05) is 24.0 Å². The highest BCUT2D eigenvalue weighted by atomic mass is 35.5. The van der Waals surface area contributed by atoms with E-state index in [1.54, 1.807) is 13.2 Å². The van der Waals surface area contributed by atoms with E-state index in [0.717, 1.165) is 32.4 Å². The van der Waals surface area contributed by atoms with Crippen molar-refractivity contribution in [3.05, 3.63) is 23.8 Å². The normalized spacial score (nSPS) is 18.2. The van der Waals surface area contributed by atoms with Gasteiger partial charge in [-0.3, -0.25) is 4.79 Å². The van der Waals surface area contributed by atoms with Gasteiger partial charge in [0.15, 0.2) is 11.5 Å². The molecule has 1 aromatic rings. The van der Waals surface area contributed by atoms with Crippen molar-refractivity contribution >= 4 is 18.3 Å². The Morgan fingerprint density at radius 2 is 2.04 bits per heavy atom. The topological polar surface area (TPSA) is 64.8 Å². The van der Waals surface area contributed by atoms with Gasteiger partial charge in [0.25, 0.3) is 5.91 Å². The molecule has 0 radical (unpaired) electrons. The standard InChI is InChI=1S/C20H32N2O3.ClH/c1-14(2)9-11-25-18-8-7-16(12-19(18)24-4)20(23)22-10-5-6-17(13-22)15(3)21;/h7-8,12,14-15,17H,5-6,9-11,13,21H2,1-4H3;1H. The minimum absolute atomic E-state index is 0. The van der Waals surface area contributed by atoms with Gasteiger partial charge in [0.05, 0.1) is 13.7 Å². The lowest BCUT2D eigenvalue weighted by Gasteiger charge is -2.34. The van der Waals surface area contributed by atoms with Gasteiger partial charge in [-0.25, -0.2) is 0 Å². The lowest BCUT2D eigenvalue weighted by atomic mass is 9.92. The highest BCUT2D eigenvalue weighted by molar-refractivity contribution is 5.95. The summed E-state index contributed by atoms with van der Waals surface area (Å²) >= 11 is 0. The average molecular weight is 385 g/mol. The van der Waals surface area contributed by atoms with Gasteiger partial charge in [-0.05, 0) is 56.2 Å². The Morgan fingerprint density at radius 1 is 1.31 bits per heavy atom. The van der Waals surface area contributed by atoms with Gasteiger partial charge in [0.2, 0.25) is 0 Å². The van der Waals surface area contributed by atoms with Crippen LogP contribution in [0.1, 0.15) is 50.4 Å². The van der Waals surface area contributed by atoms with E-state index in [4.69, 9.17) is 15.2 Å². The number of methoxy groups -OCH3 is 1. The number of hydrogen-bond acceptors (Lipinski definition) is 4. The first-order valence-corrected chi connectivity index (χ1v) is 9.28. The van der Waals surface area contributed by atoms with E-state index in [0.29, 0.717) is 35.5 Å². The van der Waals surface area contributed by atoms with Crippen molar-refractivity contribution in [2.75, 3.05) is 26.8 Å². The summed E-state index contributed by atoms with van der Waals surface area (Å²) in [6.45, 7) is 8.50. The van der Waals surface area contributed by atoms with E-state index in [-0.39, 0.29) is 24.4 Å². The molecule has 6 heteroatoms. The first-order valence-electron chi connectivity index (χ1n) is 9.28. The summed E-state index contributed by atoms with van der Waals surface area (Å²) in [5.41, 5.74) is 6.66. The van der Waals surface area contributed by atoms with E-state index in [2.05, 4.69) is 13.8 Å². The van der Waals surface area contributed by atoms with Gasteiger partial charge in [-0.15, -0.1) is 12.4 Å². The molecule has 1 aliphatic heterocycles. The van der Waals surface area contributed by atoms with Crippen LogP contribution in [-0.4, -0.2) is 43.7 Å². The predicted octanol–water partition coefficient (Wildman–Crippen LogP) is 3.74. The number of hydrogen-bond donors (Lipinski definition) is 1. The van der Waals surface area contributed by atoms with Crippen LogP contribution in [0.3, 0.4) is 0 Å². The fourth-order valence-corrected chi connectivity index (χ4v) is 3.13. The molecular formula is C20H33ClN2O3. The van der Waals surface area contributed by atoms with Crippen LogP contribution in [0.15, 0.2) is 18.2 Å². The Hall–Kier alpha value is -1.46. The minimum atomic E-state index is 0. The molecule has 1 fully saturated rings. The maximum Gasteiger partial charge on any atom is 0.254 e. The number of benzene rings is 1. The van der Waals surface area contributed by atoms with Crippen LogP contribution in [0.4, 0.5) is 0 Å². The molecule has 1 amide bonds. The van der Waals surface area contributed by atoms with Crippen molar-refractivity contribution in [1.82, 2.24) is 4.90 Å². The molecule has 26 heavy (non-hydrogen) atoms. The molecule has 2 rings (SSSR count). The summed E-state index contributed by atoms with van der Waals surface area (Å²) in [5.74, 6) is 2.29.